The minimum absolute atomic E-state index is 0.0307. The Morgan fingerprint density at radius 1 is 1.33 bits per heavy atom. The van der Waals surface area contributed by atoms with Crippen molar-refractivity contribution < 1.29 is 0 Å². The average Bonchev–Trinajstić information content (AvgIpc) is 2.20. The van der Waals surface area contributed by atoms with Gasteiger partial charge in [0.2, 0.25) is 0 Å². The van der Waals surface area contributed by atoms with E-state index >= 15 is 0 Å². The maximum atomic E-state index is 11.6. The number of nitrogens with one attached hydrogen (secondary N) is 1. The third-order valence-corrected chi connectivity index (χ3v) is 2.49. The van der Waals surface area contributed by atoms with Crippen LogP contribution in [0.25, 0.3) is 10.9 Å². The van der Waals surface area contributed by atoms with Crippen molar-refractivity contribution in [2.45, 2.75) is 13.3 Å². The van der Waals surface area contributed by atoms with Crippen molar-refractivity contribution in [2.75, 3.05) is 6.54 Å². The van der Waals surface area contributed by atoms with E-state index in [1.165, 1.54) is 5.56 Å². The van der Waals surface area contributed by atoms with E-state index in [0.717, 1.165) is 16.5 Å². The smallest absolute Gasteiger partial charge is 0.251 e. The second kappa shape index (κ2) is 3.87. The van der Waals surface area contributed by atoms with Crippen molar-refractivity contribution in [3.8, 4) is 0 Å². The predicted molar refractivity (Wildman–Crippen MR) is 62.1 cm³/mol. The zero-order chi connectivity index (χ0) is 10.8. The summed E-state index contributed by atoms with van der Waals surface area (Å²) in [7, 11) is 0. The molecule has 0 atom stereocenters. The molecule has 0 aliphatic carbocycles. The molecule has 1 heterocycles. The Kier molecular flexibility index (Phi) is 2.56. The Morgan fingerprint density at radius 2 is 2.13 bits per heavy atom. The van der Waals surface area contributed by atoms with Gasteiger partial charge < -0.3 is 10.7 Å². The highest BCUT2D eigenvalue weighted by Gasteiger charge is 2.01. The van der Waals surface area contributed by atoms with Gasteiger partial charge in [-0.05, 0) is 43.5 Å². The van der Waals surface area contributed by atoms with Gasteiger partial charge in [-0.15, -0.1) is 0 Å². The molecule has 1 aromatic heterocycles. The molecule has 0 aliphatic heterocycles. The van der Waals surface area contributed by atoms with E-state index in [2.05, 4.69) is 11.1 Å². The minimum atomic E-state index is -0.0307. The minimum Gasteiger partial charge on any atom is -0.330 e. The first-order chi connectivity index (χ1) is 7.20. The molecule has 3 heteroatoms. The summed E-state index contributed by atoms with van der Waals surface area (Å²) >= 11 is 0. The maximum absolute atomic E-state index is 11.6. The van der Waals surface area contributed by atoms with Crippen molar-refractivity contribution in [1.82, 2.24) is 4.98 Å². The van der Waals surface area contributed by atoms with Crippen LogP contribution >= 0.6 is 0 Å². The Hall–Kier alpha value is -1.61. The number of hydrogen-bond acceptors (Lipinski definition) is 2. The van der Waals surface area contributed by atoms with Crippen molar-refractivity contribution in [2.24, 2.45) is 5.73 Å². The number of nitrogens with two attached hydrogens (primary N) is 1. The van der Waals surface area contributed by atoms with Crippen LogP contribution in [0.2, 0.25) is 0 Å². The van der Waals surface area contributed by atoms with Gasteiger partial charge in [0.15, 0.2) is 0 Å². The van der Waals surface area contributed by atoms with Gasteiger partial charge in [-0.3, -0.25) is 4.79 Å². The molecule has 0 saturated carbocycles. The van der Waals surface area contributed by atoms with Crippen molar-refractivity contribution in [3.05, 3.63) is 45.7 Å². The molecule has 0 spiro atoms. The molecule has 1 aromatic carbocycles. The molecule has 0 fully saturated rings. The monoisotopic (exact) mass is 202 g/mol. The molecule has 2 rings (SSSR count). The molecule has 15 heavy (non-hydrogen) atoms. The third kappa shape index (κ3) is 1.92. The Morgan fingerprint density at radius 3 is 2.87 bits per heavy atom. The van der Waals surface area contributed by atoms with E-state index in [9.17, 15) is 4.79 Å². The van der Waals surface area contributed by atoms with Gasteiger partial charge >= 0.3 is 0 Å². The van der Waals surface area contributed by atoms with Gasteiger partial charge in [-0.25, -0.2) is 0 Å². The van der Waals surface area contributed by atoms with E-state index in [1.807, 2.05) is 25.1 Å². The molecule has 0 saturated heterocycles. The summed E-state index contributed by atoms with van der Waals surface area (Å²) in [4.78, 5) is 14.5. The average molecular weight is 202 g/mol. The molecule has 0 radical (unpaired) electrons. The van der Waals surface area contributed by atoms with Gasteiger partial charge in [0.1, 0.15) is 0 Å². The lowest BCUT2D eigenvalue weighted by Crippen LogP contribution is -2.16. The third-order valence-electron chi connectivity index (χ3n) is 2.49. The van der Waals surface area contributed by atoms with Crippen molar-refractivity contribution in [1.29, 1.82) is 0 Å². The normalized spacial score (nSPS) is 10.8. The highest BCUT2D eigenvalue weighted by atomic mass is 16.1. The second-order valence-electron chi connectivity index (χ2n) is 3.75. The van der Waals surface area contributed by atoms with E-state index in [-0.39, 0.29) is 5.56 Å². The number of aromatic amines is 1. The molecular formula is C12H14N2O. The summed E-state index contributed by atoms with van der Waals surface area (Å²) in [6, 6.07) is 7.90. The summed E-state index contributed by atoms with van der Waals surface area (Å²) in [5.41, 5.74) is 8.25. The van der Waals surface area contributed by atoms with Crippen LogP contribution in [0.1, 0.15) is 11.1 Å². The fourth-order valence-corrected chi connectivity index (χ4v) is 1.71. The zero-order valence-electron chi connectivity index (χ0n) is 8.71. The molecule has 0 aliphatic rings. The summed E-state index contributed by atoms with van der Waals surface area (Å²) in [5, 5.41) is 1.07. The van der Waals surface area contributed by atoms with Gasteiger partial charge in [-0.1, -0.05) is 11.6 Å². The molecule has 2 aromatic rings. The highest BCUT2D eigenvalue weighted by Crippen LogP contribution is 2.13. The lowest BCUT2D eigenvalue weighted by molar-refractivity contribution is 0.949. The molecule has 3 N–H and O–H groups in total. The number of fused-ring (bicyclic) bond motifs is 1. The molecule has 0 bridgehead atoms. The number of aryl methyl sites for hydroxylation is 1. The SMILES string of the molecule is Cc1ccc2[nH]c(=O)c(CCN)cc2c1. The molecular weight excluding hydrogens is 188 g/mol. The van der Waals surface area contributed by atoms with Crippen LogP contribution in [0, 0.1) is 6.92 Å². The molecule has 0 amide bonds. The number of rotatable bonds is 2. The fourth-order valence-electron chi connectivity index (χ4n) is 1.71. The fraction of sp³-hybridized carbons (Fsp3) is 0.250. The van der Waals surface area contributed by atoms with E-state index in [0.29, 0.717) is 13.0 Å². The van der Waals surface area contributed by atoms with Crippen LogP contribution in [0.15, 0.2) is 29.1 Å². The summed E-state index contributed by atoms with van der Waals surface area (Å²) in [6.45, 7) is 2.54. The molecule has 0 unspecified atom stereocenters. The van der Waals surface area contributed by atoms with Crippen LogP contribution < -0.4 is 11.3 Å². The zero-order valence-corrected chi connectivity index (χ0v) is 8.71. The molecule has 78 valence electrons. The van der Waals surface area contributed by atoms with Gasteiger partial charge in [0.05, 0.1) is 0 Å². The molecule has 3 nitrogen and oxygen atoms in total. The van der Waals surface area contributed by atoms with Gasteiger partial charge in [0, 0.05) is 11.1 Å². The Balaban J connectivity index is 2.66. The van der Waals surface area contributed by atoms with E-state index in [4.69, 9.17) is 5.73 Å². The summed E-state index contributed by atoms with van der Waals surface area (Å²) < 4.78 is 0. The van der Waals surface area contributed by atoms with Gasteiger partial charge in [-0.2, -0.15) is 0 Å². The summed E-state index contributed by atoms with van der Waals surface area (Å²) in [6.07, 6.45) is 0.624. The standard InChI is InChI=1S/C12H14N2O/c1-8-2-3-11-10(6-8)7-9(4-5-13)12(15)14-11/h2-3,6-7H,4-5,13H2,1H3,(H,14,15). The van der Waals surface area contributed by atoms with Crippen LogP contribution in [0.5, 0.6) is 0 Å². The van der Waals surface area contributed by atoms with Crippen LogP contribution in [0.4, 0.5) is 0 Å². The number of pyridine rings is 1. The number of benzene rings is 1. The first kappa shape index (κ1) is 9.93. The second-order valence-corrected chi connectivity index (χ2v) is 3.75. The predicted octanol–water partition coefficient (Wildman–Crippen LogP) is 1.34. The first-order valence-electron chi connectivity index (χ1n) is 5.03. The number of hydrogen-bond donors (Lipinski definition) is 2. The van der Waals surface area contributed by atoms with Gasteiger partial charge in [0.25, 0.3) is 5.56 Å². The van der Waals surface area contributed by atoms with Crippen LogP contribution in [-0.2, 0) is 6.42 Å². The van der Waals surface area contributed by atoms with Crippen LogP contribution in [0.3, 0.4) is 0 Å². The first-order valence-corrected chi connectivity index (χ1v) is 5.03. The summed E-state index contributed by atoms with van der Waals surface area (Å²) in [5.74, 6) is 0. The number of aromatic nitrogens is 1. The lowest BCUT2D eigenvalue weighted by Gasteiger charge is -2.02. The van der Waals surface area contributed by atoms with E-state index < -0.39 is 0 Å². The van der Waals surface area contributed by atoms with Crippen molar-refractivity contribution >= 4 is 10.9 Å². The maximum Gasteiger partial charge on any atom is 0.251 e. The van der Waals surface area contributed by atoms with Crippen molar-refractivity contribution in [3.63, 3.8) is 0 Å². The van der Waals surface area contributed by atoms with E-state index in [1.54, 1.807) is 0 Å². The highest BCUT2D eigenvalue weighted by molar-refractivity contribution is 5.79. The Bertz CT molecular complexity index is 543. The number of H-pyrrole nitrogens is 1. The Labute approximate surface area is 87.9 Å². The largest absolute Gasteiger partial charge is 0.330 e. The van der Waals surface area contributed by atoms with Crippen LogP contribution in [-0.4, -0.2) is 11.5 Å². The lowest BCUT2D eigenvalue weighted by atomic mass is 10.1. The topological polar surface area (TPSA) is 58.9 Å². The quantitative estimate of drug-likeness (QED) is 0.772.